The van der Waals surface area contributed by atoms with Gasteiger partial charge in [-0.3, -0.25) is 4.79 Å². The maximum absolute atomic E-state index is 11.9. The number of amides is 1. The average molecular weight is 280 g/mol. The van der Waals surface area contributed by atoms with Gasteiger partial charge in [-0.25, -0.2) is 4.79 Å². The summed E-state index contributed by atoms with van der Waals surface area (Å²) in [6, 6.07) is 5.55. The second kappa shape index (κ2) is 6.38. The van der Waals surface area contributed by atoms with Crippen LogP contribution < -0.4 is 11.1 Å². The average Bonchev–Trinajstić information content (AvgIpc) is 2.38. The maximum Gasteiger partial charge on any atom is 0.328 e. The zero-order valence-electron chi connectivity index (χ0n) is 11.8. The molecule has 1 aromatic carbocycles. The molecule has 20 heavy (non-hydrogen) atoms. The van der Waals surface area contributed by atoms with E-state index in [1.54, 1.807) is 26.0 Å². The second-order valence-electron chi connectivity index (χ2n) is 5.14. The van der Waals surface area contributed by atoms with Crippen molar-refractivity contribution in [1.82, 2.24) is 5.32 Å². The summed E-state index contributed by atoms with van der Waals surface area (Å²) in [5.74, 6) is -0.849. The van der Waals surface area contributed by atoms with Crippen LogP contribution in [0.2, 0.25) is 0 Å². The lowest BCUT2D eigenvalue weighted by Gasteiger charge is -2.22. The Hall–Kier alpha value is -2.08. The van der Waals surface area contributed by atoms with Crippen molar-refractivity contribution in [2.24, 2.45) is 5.73 Å². The molecule has 0 unspecified atom stereocenters. The summed E-state index contributed by atoms with van der Waals surface area (Å²) >= 11 is 0. The largest absolute Gasteiger partial charge is 0.508 e. The number of phenols is 1. The molecule has 0 radical (unpaired) electrons. The van der Waals surface area contributed by atoms with Crippen LogP contribution in [0.25, 0.3) is 0 Å². The van der Waals surface area contributed by atoms with E-state index in [1.807, 2.05) is 0 Å². The third-order valence-electron chi connectivity index (χ3n) is 2.75. The third kappa shape index (κ3) is 4.55. The molecule has 110 valence electrons. The highest BCUT2D eigenvalue weighted by atomic mass is 16.5. The molecule has 0 spiro atoms. The first kappa shape index (κ1) is 16.0. The third-order valence-corrected chi connectivity index (χ3v) is 2.75. The van der Waals surface area contributed by atoms with Gasteiger partial charge in [0.2, 0.25) is 5.91 Å². The molecule has 4 N–H and O–H groups in total. The highest BCUT2D eigenvalue weighted by Crippen LogP contribution is 2.12. The van der Waals surface area contributed by atoms with Crippen molar-refractivity contribution in [3.63, 3.8) is 0 Å². The Labute approximate surface area is 117 Å². The van der Waals surface area contributed by atoms with Crippen LogP contribution in [-0.2, 0) is 20.7 Å². The van der Waals surface area contributed by atoms with E-state index in [1.165, 1.54) is 19.2 Å². The molecule has 1 aromatic rings. The van der Waals surface area contributed by atoms with Crippen LogP contribution in [0.1, 0.15) is 19.4 Å². The maximum atomic E-state index is 11.9. The summed E-state index contributed by atoms with van der Waals surface area (Å²) in [7, 11) is 1.26. The van der Waals surface area contributed by atoms with E-state index in [0.717, 1.165) is 5.56 Å². The molecule has 0 aliphatic carbocycles. The highest BCUT2D eigenvalue weighted by molar-refractivity contribution is 5.89. The topological polar surface area (TPSA) is 102 Å². The summed E-state index contributed by atoms with van der Waals surface area (Å²) in [5, 5.41) is 11.8. The molecule has 0 heterocycles. The highest BCUT2D eigenvalue weighted by Gasteiger charge is 2.28. The van der Waals surface area contributed by atoms with Crippen LogP contribution in [0, 0.1) is 0 Å². The number of carbonyl (C=O) groups is 2. The van der Waals surface area contributed by atoms with Crippen molar-refractivity contribution >= 4 is 11.9 Å². The molecule has 1 rings (SSSR count). The van der Waals surface area contributed by atoms with Crippen molar-refractivity contribution in [2.75, 3.05) is 7.11 Å². The lowest BCUT2D eigenvalue weighted by Crippen LogP contribution is -2.54. The first-order valence-corrected chi connectivity index (χ1v) is 6.19. The van der Waals surface area contributed by atoms with E-state index in [9.17, 15) is 14.7 Å². The molecular weight excluding hydrogens is 260 g/mol. The van der Waals surface area contributed by atoms with Crippen molar-refractivity contribution in [2.45, 2.75) is 31.8 Å². The fourth-order valence-electron chi connectivity index (χ4n) is 1.55. The number of methoxy groups -OCH3 is 1. The summed E-state index contributed by atoms with van der Waals surface area (Å²) in [5.41, 5.74) is 5.39. The molecule has 0 aliphatic heterocycles. The summed E-state index contributed by atoms with van der Waals surface area (Å²) in [6.07, 6.45) is 0.259. The summed E-state index contributed by atoms with van der Waals surface area (Å²) in [4.78, 5) is 23.6. The van der Waals surface area contributed by atoms with Crippen LogP contribution in [0.3, 0.4) is 0 Å². The zero-order valence-corrected chi connectivity index (χ0v) is 11.8. The monoisotopic (exact) mass is 280 g/mol. The number of benzene rings is 1. The van der Waals surface area contributed by atoms with Gasteiger partial charge in [0.25, 0.3) is 0 Å². The zero-order chi connectivity index (χ0) is 15.3. The predicted octanol–water partition coefficient (Wildman–Crippen LogP) is 0.330. The van der Waals surface area contributed by atoms with E-state index < -0.39 is 23.5 Å². The van der Waals surface area contributed by atoms with E-state index in [2.05, 4.69) is 10.1 Å². The molecule has 6 heteroatoms. The number of nitrogens with two attached hydrogens (primary N) is 1. The van der Waals surface area contributed by atoms with E-state index in [0.29, 0.717) is 0 Å². The molecule has 6 nitrogen and oxygen atoms in total. The van der Waals surface area contributed by atoms with Gasteiger partial charge < -0.3 is 20.9 Å². The number of ether oxygens (including phenoxy) is 1. The Morgan fingerprint density at radius 1 is 1.35 bits per heavy atom. The number of phenolic OH excluding ortho intramolecular Hbond substituents is 1. The number of hydrogen-bond acceptors (Lipinski definition) is 5. The number of aromatic hydroxyl groups is 1. The van der Waals surface area contributed by atoms with Crippen LogP contribution in [0.4, 0.5) is 0 Å². The lowest BCUT2D eigenvalue weighted by atomic mass is 10.0. The summed E-state index contributed by atoms with van der Waals surface area (Å²) in [6.45, 7) is 3.11. The minimum atomic E-state index is -1.08. The van der Waals surface area contributed by atoms with Crippen molar-refractivity contribution in [1.29, 1.82) is 0 Å². The molecule has 1 atom stereocenters. The Balaban J connectivity index is 2.82. The van der Waals surface area contributed by atoms with Gasteiger partial charge >= 0.3 is 5.97 Å². The van der Waals surface area contributed by atoms with Gasteiger partial charge in [-0.2, -0.15) is 0 Å². The van der Waals surface area contributed by atoms with Crippen LogP contribution in [0.15, 0.2) is 24.3 Å². The van der Waals surface area contributed by atoms with Gasteiger partial charge in [0, 0.05) is 6.42 Å². The van der Waals surface area contributed by atoms with E-state index in [4.69, 9.17) is 5.73 Å². The first-order chi connectivity index (χ1) is 9.24. The molecule has 0 saturated carbocycles. The van der Waals surface area contributed by atoms with Crippen LogP contribution >= 0.6 is 0 Å². The molecule has 1 amide bonds. The van der Waals surface area contributed by atoms with Gasteiger partial charge in [0.15, 0.2) is 0 Å². The molecule has 0 fully saturated rings. The van der Waals surface area contributed by atoms with Crippen LogP contribution in [0.5, 0.6) is 5.75 Å². The first-order valence-electron chi connectivity index (χ1n) is 6.19. The fourth-order valence-corrected chi connectivity index (χ4v) is 1.55. The van der Waals surface area contributed by atoms with Gasteiger partial charge in [0.1, 0.15) is 11.8 Å². The van der Waals surface area contributed by atoms with Crippen molar-refractivity contribution in [3.05, 3.63) is 29.8 Å². The van der Waals surface area contributed by atoms with Gasteiger partial charge in [-0.05, 0) is 31.5 Å². The normalized spacial score (nSPS) is 12.6. The van der Waals surface area contributed by atoms with Gasteiger partial charge in [0.05, 0.1) is 12.6 Å². The predicted molar refractivity (Wildman–Crippen MR) is 74.0 cm³/mol. The van der Waals surface area contributed by atoms with Gasteiger partial charge in [-0.15, -0.1) is 0 Å². The summed E-state index contributed by atoms with van der Waals surface area (Å²) < 4.78 is 4.68. The minimum Gasteiger partial charge on any atom is -0.508 e. The second-order valence-corrected chi connectivity index (χ2v) is 5.14. The van der Waals surface area contributed by atoms with E-state index in [-0.39, 0.29) is 12.2 Å². The van der Waals surface area contributed by atoms with Gasteiger partial charge in [-0.1, -0.05) is 12.1 Å². The molecule has 0 saturated heterocycles. The Morgan fingerprint density at radius 2 is 1.90 bits per heavy atom. The SMILES string of the molecule is COC(=O)[C@H](Cc1ccc(O)cc1)NC(=O)C(C)(C)N. The Bertz CT molecular complexity index is 477. The number of rotatable bonds is 5. The van der Waals surface area contributed by atoms with Crippen molar-refractivity contribution < 1.29 is 19.4 Å². The number of hydrogen-bond donors (Lipinski definition) is 3. The number of nitrogens with one attached hydrogen (secondary N) is 1. The number of carbonyl (C=O) groups excluding carboxylic acids is 2. The minimum absolute atomic E-state index is 0.135. The standard InChI is InChI=1S/C14H20N2O4/c1-14(2,15)13(19)16-11(12(18)20-3)8-9-4-6-10(17)7-5-9/h4-7,11,17H,8,15H2,1-3H3,(H,16,19)/t11-/m0/s1. The Morgan fingerprint density at radius 3 is 2.35 bits per heavy atom. The lowest BCUT2D eigenvalue weighted by molar-refractivity contribution is -0.145. The van der Waals surface area contributed by atoms with Crippen molar-refractivity contribution in [3.8, 4) is 5.75 Å². The molecule has 0 aliphatic rings. The molecule has 0 aromatic heterocycles. The molecular formula is C14H20N2O4. The Kier molecular flexibility index (Phi) is 5.10. The fraction of sp³-hybridized carbons (Fsp3) is 0.429. The number of esters is 1. The smallest absolute Gasteiger partial charge is 0.328 e. The molecule has 0 bridgehead atoms. The van der Waals surface area contributed by atoms with E-state index >= 15 is 0 Å². The van der Waals surface area contributed by atoms with Crippen LogP contribution in [-0.4, -0.2) is 35.7 Å². The quantitative estimate of drug-likeness (QED) is 0.675.